The van der Waals surface area contributed by atoms with Crippen LogP contribution in [0.25, 0.3) is 5.57 Å². The first-order valence-electron chi connectivity index (χ1n) is 7.31. The summed E-state index contributed by atoms with van der Waals surface area (Å²) in [4.78, 5) is 14.2. The van der Waals surface area contributed by atoms with Crippen molar-refractivity contribution in [1.82, 2.24) is 0 Å². The van der Waals surface area contributed by atoms with E-state index in [9.17, 15) is 0 Å². The maximum atomic E-state index is 8.70. The SMILES string of the molecule is CCCCC=C(c1ccccc1)c1ccccc1.O=[P+](O)O. The Morgan fingerprint density at radius 1 is 0.955 bits per heavy atom. The van der Waals surface area contributed by atoms with Crippen molar-refractivity contribution in [1.29, 1.82) is 0 Å². The van der Waals surface area contributed by atoms with Gasteiger partial charge in [-0.05, 0) is 23.1 Å². The fraction of sp³-hybridized carbons (Fsp3) is 0.222. The van der Waals surface area contributed by atoms with E-state index in [2.05, 4.69) is 73.7 Å². The molecule has 0 atom stereocenters. The molecule has 0 spiro atoms. The first kappa shape index (κ1) is 18.2. The summed E-state index contributed by atoms with van der Waals surface area (Å²) >= 11 is 0. The Labute approximate surface area is 132 Å². The molecule has 0 fully saturated rings. The van der Waals surface area contributed by atoms with E-state index in [1.165, 1.54) is 29.5 Å². The molecule has 0 heterocycles. The van der Waals surface area contributed by atoms with Crippen molar-refractivity contribution in [2.45, 2.75) is 26.2 Å². The van der Waals surface area contributed by atoms with Crippen molar-refractivity contribution < 1.29 is 14.4 Å². The Bertz CT molecular complexity index is 534. The smallest absolute Gasteiger partial charge is 0.134 e. The summed E-state index contributed by atoms with van der Waals surface area (Å²) in [5, 5.41) is 0. The summed E-state index contributed by atoms with van der Waals surface area (Å²) in [6.45, 7) is 2.23. The van der Waals surface area contributed by atoms with Crippen LogP contribution in [0, 0.1) is 0 Å². The molecule has 2 rings (SSSR count). The second-order valence-electron chi connectivity index (χ2n) is 4.74. The van der Waals surface area contributed by atoms with Gasteiger partial charge in [0, 0.05) is 4.57 Å². The molecule has 0 aliphatic carbocycles. The maximum Gasteiger partial charge on any atom is 0.692 e. The normalized spacial score (nSPS) is 9.41. The molecule has 116 valence electrons. The van der Waals surface area contributed by atoms with Gasteiger partial charge < -0.3 is 0 Å². The number of hydrogen-bond acceptors (Lipinski definition) is 1. The summed E-state index contributed by atoms with van der Waals surface area (Å²) < 4.78 is 8.70. The van der Waals surface area contributed by atoms with E-state index in [0.29, 0.717) is 0 Å². The molecule has 2 aromatic rings. The van der Waals surface area contributed by atoms with Gasteiger partial charge in [-0.25, -0.2) is 0 Å². The van der Waals surface area contributed by atoms with E-state index < -0.39 is 8.25 Å². The van der Waals surface area contributed by atoms with Crippen LogP contribution in [-0.4, -0.2) is 9.79 Å². The molecule has 0 radical (unpaired) electrons. The zero-order chi connectivity index (χ0) is 16.2. The number of allylic oxidation sites excluding steroid dienone is 1. The highest BCUT2D eigenvalue weighted by Gasteiger charge is 2.03. The van der Waals surface area contributed by atoms with Crippen LogP contribution < -0.4 is 0 Å². The third-order valence-electron chi connectivity index (χ3n) is 3.08. The molecule has 22 heavy (non-hydrogen) atoms. The van der Waals surface area contributed by atoms with Gasteiger partial charge in [0.2, 0.25) is 0 Å². The molecule has 3 nitrogen and oxygen atoms in total. The van der Waals surface area contributed by atoms with Crippen LogP contribution in [0.4, 0.5) is 0 Å². The summed E-state index contributed by atoms with van der Waals surface area (Å²) in [5.74, 6) is 0. The molecular formula is C18H22O3P+. The topological polar surface area (TPSA) is 57.5 Å². The minimum Gasteiger partial charge on any atom is -0.134 e. The van der Waals surface area contributed by atoms with Crippen LogP contribution in [0.3, 0.4) is 0 Å². The molecule has 0 amide bonds. The third-order valence-corrected chi connectivity index (χ3v) is 3.08. The Morgan fingerprint density at radius 2 is 1.36 bits per heavy atom. The second-order valence-corrected chi connectivity index (χ2v) is 5.25. The highest BCUT2D eigenvalue weighted by atomic mass is 31.1. The molecular weight excluding hydrogens is 295 g/mol. The predicted octanol–water partition coefficient (Wildman–Crippen LogP) is 4.94. The van der Waals surface area contributed by atoms with Gasteiger partial charge in [0.1, 0.15) is 0 Å². The van der Waals surface area contributed by atoms with Crippen molar-refractivity contribution in [3.8, 4) is 0 Å². The largest absolute Gasteiger partial charge is 0.692 e. The lowest BCUT2D eigenvalue weighted by Gasteiger charge is -2.08. The summed E-state index contributed by atoms with van der Waals surface area (Å²) in [5.41, 5.74) is 3.96. The molecule has 0 bridgehead atoms. The monoisotopic (exact) mass is 317 g/mol. The average molecular weight is 317 g/mol. The van der Waals surface area contributed by atoms with Crippen molar-refractivity contribution in [3.05, 3.63) is 77.9 Å². The van der Waals surface area contributed by atoms with E-state index in [1.807, 2.05) is 0 Å². The van der Waals surface area contributed by atoms with E-state index in [-0.39, 0.29) is 0 Å². The fourth-order valence-corrected chi connectivity index (χ4v) is 2.09. The molecule has 0 aliphatic heterocycles. The Hall–Kier alpha value is -1.80. The van der Waals surface area contributed by atoms with Gasteiger partial charge in [0.25, 0.3) is 0 Å². The standard InChI is InChI=1S/C18H20.HO3P/c1-2-3-6-15-18(16-11-7-4-8-12-16)17-13-9-5-10-14-17;1-4(2)3/h4-5,7-15H,2-3,6H2,1H3;(H-,1,2,3)/p+1. The molecule has 0 aliphatic rings. The van der Waals surface area contributed by atoms with Gasteiger partial charge >= 0.3 is 8.25 Å². The van der Waals surface area contributed by atoms with Crippen LogP contribution in [0.5, 0.6) is 0 Å². The van der Waals surface area contributed by atoms with Gasteiger partial charge in [-0.1, -0.05) is 86.5 Å². The second kappa shape index (κ2) is 10.9. The van der Waals surface area contributed by atoms with Gasteiger partial charge in [-0.3, -0.25) is 0 Å². The van der Waals surface area contributed by atoms with Crippen LogP contribution in [0.2, 0.25) is 0 Å². The molecule has 2 N–H and O–H groups in total. The lowest BCUT2D eigenvalue weighted by Crippen LogP contribution is -1.87. The minimum absolute atomic E-state index is 1.15. The molecule has 2 aromatic carbocycles. The minimum atomic E-state index is -2.87. The van der Waals surface area contributed by atoms with Crippen molar-refractivity contribution in [2.75, 3.05) is 0 Å². The highest BCUT2D eigenvalue weighted by Crippen LogP contribution is 2.24. The lowest BCUT2D eigenvalue weighted by atomic mass is 9.96. The summed E-state index contributed by atoms with van der Waals surface area (Å²) in [7, 11) is -2.87. The van der Waals surface area contributed by atoms with Crippen LogP contribution >= 0.6 is 8.25 Å². The van der Waals surface area contributed by atoms with E-state index >= 15 is 0 Å². The van der Waals surface area contributed by atoms with Gasteiger partial charge in [-0.15, -0.1) is 9.79 Å². The first-order chi connectivity index (χ1) is 10.6. The van der Waals surface area contributed by atoms with E-state index in [1.54, 1.807) is 0 Å². The Balaban J connectivity index is 0.000000541. The van der Waals surface area contributed by atoms with E-state index in [0.717, 1.165) is 6.42 Å². The quantitative estimate of drug-likeness (QED) is 0.607. The van der Waals surface area contributed by atoms with Gasteiger partial charge in [-0.2, -0.15) is 0 Å². The number of hydrogen-bond donors (Lipinski definition) is 2. The van der Waals surface area contributed by atoms with Crippen LogP contribution in [-0.2, 0) is 4.57 Å². The third kappa shape index (κ3) is 7.28. The van der Waals surface area contributed by atoms with Crippen molar-refractivity contribution in [3.63, 3.8) is 0 Å². The molecule has 0 saturated heterocycles. The van der Waals surface area contributed by atoms with Crippen molar-refractivity contribution >= 4 is 13.8 Å². The Morgan fingerprint density at radius 3 is 1.73 bits per heavy atom. The number of unbranched alkanes of at least 4 members (excludes halogenated alkanes) is 2. The van der Waals surface area contributed by atoms with Crippen LogP contribution in [0.15, 0.2) is 66.7 Å². The number of rotatable bonds is 5. The molecule has 0 unspecified atom stereocenters. The Kier molecular flexibility index (Phi) is 9.01. The maximum absolute atomic E-state index is 8.70. The zero-order valence-corrected chi connectivity index (χ0v) is 13.6. The van der Waals surface area contributed by atoms with Gasteiger partial charge in [0.15, 0.2) is 0 Å². The van der Waals surface area contributed by atoms with E-state index in [4.69, 9.17) is 14.4 Å². The average Bonchev–Trinajstić information content (AvgIpc) is 2.53. The number of benzene rings is 2. The predicted molar refractivity (Wildman–Crippen MR) is 91.5 cm³/mol. The summed E-state index contributed by atoms with van der Waals surface area (Å²) in [6.07, 6.45) is 6.01. The first-order valence-corrected chi connectivity index (χ1v) is 8.47. The zero-order valence-electron chi connectivity index (χ0n) is 12.7. The molecule has 0 aromatic heterocycles. The van der Waals surface area contributed by atoms with Crippen molar-refractivity contribution in [2.24, 2.45) is 0 Å². The van der Waals surface area contributed by atoms with Gasteiger partial charge in [0.05, 0.1) is 0 Å². The molecule has 4 heteroatoms. The highest BCUT2D eigenvalue weighted by molar-refractivity contribution is 7.30. The van der Waals surface area contributed by atoms with Crippen LogP contribution in [0.1, 0.15) is 37.3 Å². The summed E-state index contributed by atoms with van der Waals surface area (Å²) in [6, 6.07) is 21.3. The molecule has 0 saturated carbocycles. The lowest BCUT2D eigenvalue weighted by molar-refractivity contribution is 0.405. The fourth-order valence-electron chi connectivity index (χ4n) is 2.09.